The van der Waals surface area contributed by atoms with E-state index in [1.54, 1.807) is 12.1 Å². The second-order valence-corrected chi connectivity index (χ2v) is 7.60. The molecule has 0 aliphatic heterocycles. The van der Waals surface area contributed by atoms with Crippen molar-refractivity contribution in [3.8, 4) is 29.0 Å². The third-order valence-corrected chi connectivity index (χ3v) is 4.20. The van der Waals surface area contributed by atoms with Crippen LogP contribution in [0, 0.1) is 11.3 Å². The molecule has 7 nitrogen and oxygen atoms in total. The highest BCUT2D eigenvalue weighted by molar-refractivity contribution is 7.89. The molecule has 1 amide bonds. The fourth-order valence-corrected chi connectivity index (χ4v) is 2.88. The minimum Gasteiger partial charge on any atom is -0.438 e. The summed E-state index contributed by atoms with van der Waals surface area (Å²) in [5.74, 6) is -0.336. The van der Waals surface area contributed by atoms with Crippen molar-refractivity contribution < 1.29 is 17.9 Å². The van der Waals surface area contributed by atoms with E-state index in [-0.39, 0.29) is 22.8 Å². The van der Waals surface area contributed by atoms with Crippen LogP contribution in [0.15, 0.2) is 66.7 Å². The van der Waals surface area contributed by atoms with E-state index in [0.717, 1.165) is 11.8 Å². The SMILES string of the molecule is CS(=O)(=O)NC(=O)c1ccc(Oc2cccc(-c3ccccc3)n2)c(C#N)c1. The monoisotopic (exact) mass is 393 g/mol. The minimum atomic E-state index is -3.70. The normalized spacial score (nSPS) is 10.7. The van der Waals surface area contributed by atoms with Gasteiger partial charge in [-0.25, -0.2) is 18.1 Å². The van der Waals surface area contributed by atoms with Crippen molar-refractivity contribution in [3.63, 3.8) is 0 Å². The first-order valence-electron chi connectivity index (χ1n) is 8.12. The highest BCUT2D eigenvalue weighted by atomic mass is 32.2. The number of nitrogens with one attached hydrogen (secondary N) is 1. The molecule has 0 radical (unpaired) electrons. The Morgan fingerprint density at radius 2 is 1.82 bits per heavy atom. The number of sulfonamides is 1. The Kier molecular flexibility index (Phi) is 5.38. The average molecular weight is 393 g/mol. The van der Waals surface area contributed by atoms with Crippen molar-refractivity contribution in [1.29, 1.82) is 5.26 Å². The second kappa shape index (κ2) is 7.90. The molecule has 2 aromatic carbocycles. The van der Waals surface area contributed by atoms with Crippen LogP contribution in [-0.2, 0) is 10.0 Å². The molecule has 1 heterocycles. The smallest absolute Gasteiger partial charge is 0.264 e. The van der Waals surface area contributed by atoms with Crippen molar-refractivity contribution in [2.24, 2.45) is 0 Å². The number of nitrogens with zero attached hydrogens (tertiary/aromatic N) is 2. The summed E-state index contributed by atoms with van der Waals surface area (Å²) in [5, 5.41) is 9.37. The van der Waals surface area contributed by atoms with Gasteiger partial charge in [-0.05, 0) is 24.3 Å². The molecule has 3 rings (SSSR count). The molecule has 0 unspecified atom stereocenters. The maximum absolute atomic E-state index is 11.9. The minimum absolute atomic E-state index is 0.0281. The molecule has 0 fully saturated rings. The highest BCUT2D eigenvalue weighted by Gasteiger charge is 2.15. The quantitative estimate of drug-likeness (QED) is 0.713. The van der Waals surface area contributed by atoms with Crippen LogP contribution >= 0.6 is 0 Å². The molecular formula is C20H15N3O4S. The number of carbonyl (C=O) groups is 1. The van der Waals surface area contributed by atoms with Gasteiger partial charge in [0.25, 0.3) is 5.91 Å². The summed E-state index contributed by atoms with van der Waals surface area (Å²) in [6.45, 7) is 0. The zero-order valence-electron chi connectivity index (χ0n) is 14.8. The van der Waals surface area contributed by atoms with E-state index in [1.807, 2.05) is 47.2 Å². The molecule has 8 heteroatoms. The number of rotatable bonds is 5. The van der Waals surface area contributed by atoms with Crippen LogP contribution in [0.2, 0.25) is 0 Å². The Hall–Kier alpha value is -3.70. The van der Waals surface area contributed by atoms with Gasteiger partial charge >= 0.3 is 0 Å². The van der Waals surface area contributed by atoms with E-state index in [9.17, 15) is 18.5 Å². The Labute approximate surface area is 162 Å². The number of benzene rings is 2. The molecule has 1 aromatic heterocycles. The number of pyridine rings is 1. The fourth-order valence-electron chi connectivity index (χ4n) is 2.43. The van der Waals surface area contributed by atoms with Crippen molar-refractivity contribution in [1.82, 2.24) is 9.71 Å². The number of hydrogen-bond donors (Lipinski definition) is 1. The number of carbonyl (C=O) groups excluding carboxylic acids is 1. The number of aromatic nitrogens is 1. The van der Waals surface area contributed by atoms with Gasteiger partial charge in [0.05, 0.1) is 17.5 Å². The predicted octanol–water partition coefficient (Wildman–Crippen LogP) is 3.10. The summed E-state index contributed by atoms with van der Waals surface area (Å²) in [6, 6.07) is 20.8. The van der Waals surface area contributed by atoms with Crippen molar-refractivity contribution >= 4 is 15.9 Å². The van der Waals surface area contributed by atoms with Crippen LogP contribution < -0.4 is 9.46 Å². The summed E-state index contributed by atoms with van der Waals surface area (Å²) < 4.78 is 30.0. The maximum atomic E-state index is 11.9. The molecule has 0 saturated heterocycles. The van der Waals surface area contributed by atoms with E-state index < -0.39 is 15.9 Å². The molecule has 0 spiro atoms. The maximum Gasteiger partial charge on any atom is 0.264 e. The van der Waals surface area contributed by atoms with E-state index in [4.69, 9.17) is 4.74 Å². The van der Waals surface area contributed by atoms with Gasteiger partial charge in [0.15, 0.2) is 0 Å². The number of amides is 1. The topological polar surface area (TPSA) is 109 Å². The highest BCUT2D eigenvalue weighted by Crippen LogP contribution is 2.27. The van der Waals surface area contributed by atoms with Gasteiger partial charge in [-0.15, -0.1) is 0 Å². The molecule has 140 valence electrons. The molecule has 0 atom stereocenters. The van der Waals surface area contributed by atoms with Gasteiger partial charge in [-0.3, -0.25) is 4.79 Å². The number of hydrogen-bond acceptors (Lipinski definition) is 6. The number of ether oxygens (including phenoxy) is 1. The van der Waals surface area contributed by atoms with E-state index in [1.165, 1.54) is 18.2 Å². The molecular weight excluding hydrogens is 378 g/mol. The van der Waals surface area contributed by atoms with Crippen LogP contribution in [0.4, 0.5) is 0 Å². The van der Waals surface area contributed by atoms with Crippen molar-refractivity contribution in [3.05, 3.63) is 77.9 Å². The summed E-state index contributed by atoms with van der Waals surface area (Å²) in [5.41, 5.74) is 1.73. The van der Waals surface area contributed by atoms with Gasteiger partial charge in [0, 0.05) is 17.2 Å². The Morgan fingerprint density at radius 1 is 1.07 bits per heavy atom. The fraction of sp³-hybridized carbons (Fsp3) is 0.0500. The Bertz CT molecular complexity index is 1170. The van der Waals surface area contributed by atoms with Crippen LogP contribution in [0.5, 0.6) is 11.6 Å². The first-order chi connectivity index (χ1) is 13.4. The molecule has 3 aromatic rings. The van der Waals surface area contributed by atoms with Gasteiger partial charge in [-0.2, -0.15) is 5.26 Å². The number of nitriles is 1. The molecule has 0 aliphatic rings. The lowest BCUT2D eigenvalue weighted by Crippen LogP contribution is -2.29. The molecule has 1 N–H and O–H groups in total. The average Bonchev–Trinajstić information content (AvgIpc) is 2.68. The molecule has 28 heavy (non-hydrogen) atoms. The molecule has 0 bridgehead atoms. The van der Waals surface area contributed by atoms with Crippen molar-refractivity contribution in [2.75, 3.05) is 6.26 Å². The van der Waals surface area contributed by atoms with Gasteiger partial charge in [0.2, 0.25) is 15.9 Å². The van der Waals surface area contributed by atoms with Crippen LogP contribution in [0.1, 0.15) is 15.9 Å². The molecule has 0 saturated carbocycles. The van der Waals surface area contributed by atoms with Gasteiger partial charge in [-0.1, -0.05) is 36.4 Å². The van der Waals surface area contributed by atoms with E-state index >= 15 is 0 Å². The van der Waals surface area contributed by atoms with Crippen LogP contribution in [0.25, 0.3) is 11.3 Å². The van der Waals surface area contributed by atoms with E-state index in [2.05, 4.69) is 4.98 Å². The standard InChI is InChI=1S/C20H15N3O4S/c1-28(25,26)23-20(24)15-10-11-18(16(12-15)13-21)27-19-9-5-8-17(22-19)14-6-3-2-4-7-14/h2-12H,1H3,(H,23,24). The summed E-state index contributed by atoms with van der Waals surface area (Å²) in [7, 11) is -3.70. The van der Waals surface area contributed by atoms with Crippen LogP contribution in [0.3, 0.4) is 0 Å². The lowest BCUT2D eigenvalue weighted by atomic mass is 10.1. The largest absolute Gasteiger partial charge is 0.438 e. The van der Waals surface area contributed by atoms with Gasteiger partial charge < -0.3 is 4.74 Å². The lowest BCUT2D eigenvalue weighted by molar-refractivity contribution is 0.0981. The first-order valence-corrected chi connectivity index (χ1v) is 10.0. The van der Waals surface area contributed by atoms with E-state index in [0.29, 0.717) is 5.69 Å². The summed E-state index contributed by atoms with van der Waals surface area (Å²) in [6.07, 6.45) is 0.874. The van der Waals surface area contributed by atoms with Crippen molar-refractivity contribution in [2.45, 2.75) is 0 Å². The zero-order valence-corrected chi connectivity index (χ0v) is 15.6. The van der Waals surface area contributed by atoms with Crippen LogP contribution in [-0.4, -0.2) is 25.6 Å². The zero-order chi connectivity index (χ0) is 20.1. The summed E-state index contributed by atoms with van der Waals surface area (Å²) >= 11 is 0. The first kappa shape index (κ1) is 19.1. The molecule has 0 aliphatic carbocycles. The summed E-state index contributed by atoms with van der Waals surface area (Å²) in [4.78, 5) is 16.4. The second-order valence-electron chi connectivity index (χ2n) is 5.86. The van der Waals surface area contributed by atoms with Gasteiger partial charge in [0.1, 0.15) is 11.8 Å². The Balaban J connectivity index is 1.87. The predicted molar refractivity (Wildman–Crippen MR) is 103 cm³/mol. The lowest BCUT2D eigenvalue weighted by Gasteiger charge is -2.09. The third kappa shape index (κ3) is 4.72. The third-order valence-electron chi connectivity index (χ3n) is 3.65. The Morgan fingerprint density at radius 3 is 2.50 bits per heavy atom.